The fraction of sp³-hybridized carbons (Fsp3) is 0.111. The predicted octanol–water partition coefficient (Wildman–Crippen LogP) is 3.83. The fourth-order valence-electron chi connectivity index (χ4n) is 3.69. The molecule has 0 unspecified atom stereocenters. The second-order valence-electron chi connectivity index (χ2n) is 8.38. The molecule has 3 aromatic rings. The number of hydrogen-bond donors (Lipinski definition) is 1. The van der Waals surface area contributed by atoms with E-state index in [0.29, 0.717) is 9.13 Å². The van der Waals surface area contributed by atoms with Gasteiger partial charge in [-0.3, -0.25) is 14.9 Å². The Morgan fingerprint density at radius 2 is 1.62 bits per heavy atom. The van der Waals surface area contributed by atoms with Crippen molar-refractivity contribution in [1.29, 1.82) is 0 Å². The maximum Gasteiger partial charge on any atom is 0.339 e. The second kappa shape index (κ2) is 11.5. The molecule has 4 amide bonds. The van der Waals surface area contributed by atoms with Crippen LogP contribution < -0.4 is 19.1 Å². The maximum absolute atomic E-state index is 13.2. The van der Waals surface area contributed by atoms with Gasteiger partial charge in [0.05, 0.1) is 29.0 Å². The molecule has 206 valence electrons. The molecule has 0 aliphatic carbocycles. The molecule has 0 bridgehead atoms. The van der Waals surface area contributed by atoms with Gasteiger partial charge in [0.1, 0.15) is 10.5 Å². The van der Waals surface area contributed by atoms with Crippen LogP contribution in [0, 0.1) is 10.5 Å². The van der Waals surface area contributed by atoms with E-state index in [4.69, 9.17) is 8.92 Å². The topological polar surface area (TPSA) is 145 Å². The molecule has 40 heavy (non-hydrogen) atoms. The smallest absolute Gasteiger partial charge is 0.339 e. The monoisotopic (exact) mass is 676 g/mol. The number of nitrogens with zero attached hydrogens (tertiary/aromatic N) is 1. The lowest BCUT2D eigenvalue weighted by atomic mass is 10.1. The summed E-state index contributed by atoms with van der Waals surface area (Å²) < 4.78 is 41.4. The minimum Gasteiger partial charge on any atom is -0.493 e. The molecule has 1 saturated heterocycles. The molecule has 4 rings (SSSR count). The number of carbonyl (C=O) groups excluding carboxylic acids is 4. The van der Waals surface area contributed by atoms with Gasteiger partial charge < -0.3 is 13.7 Å². The Morgan fingerprint density at radius 1 is 0.975 bits per heavy atom. The number of halogens is 1. The Balaban J connectivity index is 1.67. The number of urea groups is 1. The predicted molar refractivity (Wildman–Crippen MR) is 151 cm³/mol. The number of carbonyl (C=O) groups is 4. The molecule has 0 radical (unpaired) electrons. The summed E-state index contributed by atoms with van der Waals surface area (Å²) in [6.45, 7) is 1.82. The standard InChI is InChI=1S/C27H21IN2O9S/c1-15-4-10-19(11-5-15)40(35,36)39-23-21(28)13-16(14-22(23)37-2)12-20-24(31)29-27(34)30(25(20)32)18-8-6-17(7-9-18)26(33)38-3/h4-14H,1-3H3,(H,29,31,34)/b20-12+. The number of barbiturate groups is 1. The molecular formula is C27H21IN2O9S. The summed E-state index contributed by atoms with van der Waals surface area (Å²) in [4.78, 5) is 50.8. The van der Waals surface area contributed by atoms with E-state index >= 15 is 0 Å². The van der Waals surface area contributed by atoms with E-state index < -0.39 is 33.9 Å². The number of benzene rings is 3. The van der Waals surface area contributed by atoms with E-state index in [9.17, 15) is 27.6 Å². The zero-order valence-electron chi connectivity index (χ0n) is 21.3. The third-order valence-corrected chi connectivity index (χ3v) is 7.75. The molecule has 1 fully saturated rings. The van der Waals surface area contributed by atoms with E-state index in [1.807, 2.05) is 29.5 Å². The first kappa shape index (κ1) is 28.8. The Morgan fingerprint density at radius 3 is 2.23 bits per heavy atom. The van der Waals surface area contributed by atoms with Crippen LogP contribution in [0.1, 0.15) is 21.5 Å². The number of esters is 1. The summed E-state index contributed by atoms with van der Waals surface area (Å²) in [6, 6.07) is 13.5. The van der Waals surface area contributed by atoms with Crippen molar-refractivity contribution in [3.05, 3.63) is 86.5 Å². The van der Waals surface area contributed by atoms with E-state index in [2.05, 4.69) is 10.1 Å². The van der Waals surface area contributed by atoms with Crippen LogP contribution in [0.25, 0.3) is 6.08 Å². The van der Waals surface area contributed by atoms with Gasteiger partial charge in [-0.1, -0.05) is 17.7 Å². The van der Waals surface area contributed by atoms with Crippen molar-refractivity contribution >= 4 is 68.3 Å². The highest BCUT2D eigenvalue weighted by molar-refractivity contribution is 14.1. The molecule has 11 nitrogen and oxygen atoms in total. The third kappa shape index (κ3) is 5.84. The fourth-order valence-corrected chi connectivity index (χ4v) is 5.53. The van der Waals surface area contributed by atoms with Gasteiger partial charge in [0.2, 0.25) is 0 Å². The normalized spacial score (nSPS) is 14.7. The van der Waals surface area contributed by atoms with Crippen molar-refractivity contribution in [1.82, 2.24) is 5.32 Å². The number of rotatable bonds is 7. The Labute approximate surface area is 243 Å². The highest BCUT2D eigenvalue weighted by Crippen LogP contribution is 2.37. The van der Waals surface area contributed by atoms with E-state index in [1.165, 1.54) is 68.8 Å². The summed E-state index contributed by atoms with van der Waals surface area (Å²) in [5.41, 5.74) is 1.14. The lowest BCUT2D eigenvalue weighted by Gasteiger charge is -2.26. The summed E-state index contributed by atoms with van der Waals surface area (Å²) >= 11 is 1.85. The van der Waals surface area contributed by atoms with Crippen LogP contribution in [-0.2, 0) is 24.4 Å². The van der Waals surface area contributed by atoms with Crippen LogP contribution in [0.3, 0.4) is 0 Å². The average molecular weight is 676 g/mol. The van der Waals surface area contributed by atoms with Crippen LogP contribution in [0.5, 0.6) is 11.5 Å². The van der Waals surface area contributed by atoms with Crippen molar-refractivity contribution in [3.63, 3.8) is 0 Å². The molecule has 1 heterocycles. The maximum atomic E-state index is 13.2. The first-order valence-electron chi connectivity index (χ1n) is 11.4. The third-order valence-electron chi connectivity index (χ3n) is 5.71. The van der Waals surface area contributed by atoms with Gasteiger partial charge in [-0.25, -0.2) is 14.5 Å². The highest BCUT2D eigenvalue weighted by atomic mass is 127. The minimum absolute atomic E-state index is 0.0319. The van der Waals surface area contributed by atoms with Crippen molar-refractivity contribution in [3.8, 4) is 11.5 Å². The first-order chi connectivity index (χ1) is 18.9. The Hall–Kier alpha value is -4.24. The van der Waals surface area contributed by atoms with E-state index in [0.717, 1.165) is 10.5 Å². The average Bonchev–Trinajstić information content (AvgIpc) is 2.92. The van der Waals surface area contributed by atoms with Gasteiger partial charge >= 0.3 is 22.1 Å². The van der Waals surface area contributed by atoms with Gasteiger partial charge in [0, 0.05) is 0 Å². The van der Waals surface area contributed by atoms with Crippen molar-refractivity contribution < 1.29 is 41.3 Å². The number of anilines is 1. The van der Waals surface area contributed by atoms with Gasteiger partial charge in [0.25, 0.3) is 11.8 Å². The quantitative estimate of drug-likeness (QED) is 0.130. The van der Waals surface area contributed by atoms with Gasteiger partial charge in [-0.05, 0) is 89.7 Å². The number of aryl methyl sites for hydroxylation is 1. The number of amides is 4. The van der Waals surface area contributed by atoms with Crippen LogP contribution in [0.15, 0.2) is 71.1 Å². The lowest BCUT2D eigenvalue weighted by Crippen LogP contribution is -2.54. The zero-order chi connectivity index (χ0) is 29.2. The van der Waals surface area contributed by atoms with Crippen LogP contribution >= 0.6 is 22.6 Å². The molecule has 0 aromatic heterocycles. The minimum atomic E-state index is -4.19. The van der Waals surface area contributed by atoms with E-state index in [-0.39, 0.29) is 33.2 Å². The van der Waals surface area contributed by atoms with Crippen molar-refractivity contribution in [2.45, 2.75) is 11.8 Å². The molecule has 3 aromatic carbocycles. The molecular weight excluding hydrogens is 655 g/mol. The largest absolute Gasteiger partial charge is 0.493 e. The molecule has 0 atom stereocenters. The zero-order valence-corrected chi connectivity index (χ0v) is 24.2. The number of nitrogens with one attached hydrogen (secondary N) is 1. The van der Waals surface area contributed by atoms with E-state index in [1.54, 1.807) is 12.1 Å². The van der Waals surface area contributed by atoms with Crippen molar-refractivity contribution in [2.24, 2.45) is 0 Å². The molecule has 13 heteroatoms. The number of methoxy groups -OCH3 is 2. The summed E-state index contributed by atoms with van der Waals surface area (Å²) in [5, 5.41) is 2.12. The first-order valence-corrected chi connectivity index (χ1v) is 13.9. The summed E-state index contributed by atoms with van der Waals surface area (Å²) in [6.07, 6.45) is 1.24. The van der Waals surface area contributed by atoms with Crippen molar-refractivity contribution in [2.75, 3.05) is 19.1 Å². The SMILES string of the molecule is COC(=O)c1ccc(N2C(=O)NC(=O)/C(=C\c3cc(I)c(OS(=O)(=O)c4ccc(C)cc4)c(OC)c3)C2=O)cc1. The van der Waals surface area contributed by atoms with Crippen LogP contribution in [-0.4, -0.2) is 46.5 Å². The van der Waals surface area contributed by atoms with Gasteiger partial charge in [0.15, 0.2) is 11.5 Å². The molecule has 1 aliphatic rings. The Bertz CT molecular complexity index is 1670. The van der Waals surface area contributed by atoms with Crippen LogP contribution in [0.2, 0.25) is 0 Å². The second-order valence-corrected chi connectivity index (χ2v) is 11.1. The molecule has 0 spiro atoms. The molecule has 1 aliphatic heterocycles. The van der Waals surface area contributed by atoms with Crippen LogP contribution in [0.4, 0.5) is 10.5 Å². The van der Waals surface area contributed by atoms with Gasteiger partial charge in [-0.2, -0.15) is 8.42 Å². The van der Waals surface area contributed by atoms with Gasteiger partial charge in [-0.15, -0.1) is 0 Å². The highest BCUT2D eigenvalue weighted by Gasteiger charge is 2.37. The Kier molecular flexibility index (Phi) is 8.25. The lowest BCUT2D eigenvalue weighted by molar-refractivity contribution is -0.122. The number of ether oxygens (including phenoxy) is 2. The summed E-state index contributed by atoms with van der Waals surface area (Å²) in [7, 11) is -1.66. The molecule has 1 N–H and O–H groups in total. The number of hydrogen-bond acceptors (Lipinski definition) is 9. The number of imide groups is 2. The molecule has 0 saturated carbocycles. The summed E-state index contributed by atoms with van der Waals surface area (Å²) in [5.74, 6) is -2.47.